The molecule has 0 spiro atoms. The first kappa shape index (κ1) is 18.8. The zero-order valence-electron chi connectivity index (χ0n) is 14.5. The molecule has 0 aromatic heterocycles. The third kappa shape index (κ3) is 5.21. The van der Waals surface area contributed by atoms with Gasteiger partial charge >= 0.3 is 0 Å². The first-order chi connectivity index (χ1) is 12.1. The number of hydrogen-bond donors (Lipinski definition) is 1. The van der Waals surface area contributed by atoms with Crippen LogP contribution in [0.5, 0.6) is 11.5 Å². The highest BCUT2D eigenvalue weighted by Crippen LogP contribution is 2.28. The van der Waals surface area contributed by atoms with Crippen LogP contribution in [-0.2, 0) is 4.79 Å². The fourth-order valence-electron chi connectivity index (χ4n) is 2.91. The lowest BCUT2D eigenvalue weighted by Gasteiger charge is -2.31. The molecule has 0 heterocycles. The van der Waals surface area contributed by atoms with Crippen LogP contribution >= 0.6 is 0 Å². The van der Waals surface area contributed by atoms with Crippen LogP contribution in [0.3, 0.4) is 0 Å². The Kier molecular flexibility index (Phi) is 6.81. The van der Waals surface area contributed by atoms with E-state index in [0.717, 1.165) is 25.7 Å². The van der Waals surface area contributed by atoms with Gasteiger partial charge in [-0.3, -0.25) is 9.59 Å². The van der Waals surface area contributed by atoms with E-state index in [4.69, 9.17) is 9.47 Å². The Labute approximate surface area is 148 Å². The van der Waals surface area contributed by atoms with Crippen LogP contribution in [0.4, 0.5) is 0 Å². The number of nitrogens with one attached hydrogen (secondary N) is 1. The van der Waals surface area contributed by atoms with Gasteiger partial charge in [-0.1, -0.05) is 26.2 Å². The summed E-state index contributed by atoms with van der Waals surface area (Å²) in [6, 6.07) is 7.14. The van der Waals surface area contributed by atoms with Crippen LogP contribution in [0.15, 0.2) is 18.2 Å². The number of carbonyl (C=O) groups excluding carboxylic acids is 2. The Hall–Kier alpha value is -2.55. The van der Waals surface area contributed by atoms with Gasteiger partial charge in [-0.05, 0) is 31.4 Å². The van der Waals surface area contributed by atoms with Gasteiger partial charge in [0, 0.05) is 6.07 Å². The minimum atomic E-state index is -0.793. The first-order valence-corrected chi connectivity index (χ1v) is 8.69. The predicted molar refractivity (Wildman–Crippen MR) is 92.7 cm³/mol. The number of ether oxygens (including phenoxy) is 2. The van der Waals surface area contributed by atoms with E-state index in [1.54, 1.807) is 18.2 Å². The van der Waals surface area contributed by atoms with E-state index >= 15 is 0 Å². The van der Waals surface area contributed by atoms with Crippen LogP contribution in [0.2, 0.25) is 0 Å². The van der Waals surface area contributed by atoms with Crippen molar-refractivity contribution >= 4 is 12.2 Å². The van der Waals surface area contributed by atoms with Crippen molar-refractivity contribution in [2.45, 2.75) is 51.0 Å². The molecule has 6 heteroatoms. The maximum Gasteiger partial charge on any atom is 0.259 e. The average Bonchev–Trinajstić information content (AvgIpc) is 2.65. The molecule has 1 aromatic rings. The molecule has 6 nitrogen and oxygen atoms in total. The third-order valence-electron chi connectivity index (χ3n) is 4.24. The molecule has 0 bridgehead atoms. The van der Waals surface area contributed by atoms with Gasteiger partial charge in [0.15, 0.2) is 12.9 Å². The molecule has 0 saturated heterocycles. The molecule has 0 aliphatic heterocycles. The number of hydrogen-bond acceptors (Lipinski definition) is 5. The Balaban J connectivity index is 1.98. The largest absolute Gasteiger partial charge is 0.493 e. The minimum Gasteiger partial charge on any atom is -0.493 e. The summed E-state index contributed by atoms with van der Waals surface area (Å²) in [5.41, 5.74) is -0.442. The Morgan fingerprint density at radius 1 is 1.32 bits per heavy atom. The second kappa shape index (κ2) is 9.07. The van der Waals surface area contributed by atoms with Crippen molar-refractivity contribution in [2.24, 2.45) is 0 Å². The van der Waals surface area contributed by atoms with Gasteiger partial charge in [-0.15, -0.1) is 0 Å². The van der Waals surface area contributed by atoms with Crippen LogP contribution in [0, 0.1) is 11.3 Å². The molecular weight excluding hydrogens is 320 g/mol. The highest BCUT2D eigenvalue weighted by atomic mass is 16.5. The van der Waals surface area contributed by atoms with E-state index in [0.29, 0.717) is 42.8 Å². The zero-order chi connectivity index (χ0) is 18.1. The highest BCUT2D eigenvalue weighted by molar-refractivity contribution is 5.81. The summed E-state index contributed by atoms with van der Waals surface area (Å²) in [6.45, 7) is 2.31. The Morgan fingerprint density at radius 2 is 2.08 bits per heavy atom. The fraction of sp³-hybridized carbons (Fsp3) is 0.526. The van der Waals surface area contributed by atoms with E-state index in [1.165, 1.54) is 0 Å². The molecule has 1 N–H and O–H groups in total. The summed E-state index contributed by atoms with van der Waals surface area (Å²) < 4.78 is 11.0. The van der Waals surface area contributed by atoms with Crippen LogP contribution in [0.1, 0.15) is 55.8 Å². The molecule has 1 aliphatic rings. The van der Waals surface area contributed by atoms with E-state index in [2.05, 4.69) is 11.4 Å². The number of amides is 1. The predicted octanol–water partition coefficient (Wildman–Crippen LogP) is 3.01. The number of benzene rings is 1. The van der Waals surface area contributed by atoms with E-state index < -0.39 is 5.54 Å². The summed E-state index contributed by atoms with van der Waals surface area (Å²) in [5, 5.41) is 12.2. The number of rotatable bonds is 8. The van der Waals surface area contributed by atoms with E-state index in [-0.39, 0.29) is 12.5 Å². The van der Waals surface area contributed by atoms with Gasteiger partial charge in [0.25, 0.3) is 5.91 Å². The van der Waals surface area contributed by atoms with Crippen molar-refractivity contribution in [3.8, 4) is 17.6 Å². The molecule has 0 atom stereocenters. The van der Waals surface area contributed by atoms with Gasteiger partial charge in [-0.25, -0.2) is 0 Å². The summed E-state index contributed by atoms with van der Waals surface area (Å²) in [4.78, 5) is 23.3. The fourth-order valence-corrected chi connectivity index (χ4v) is 2.91. The lowest BCUT2D eigenvalue weighted by Crippen LogP contribution is -2.50. The average molecular weight is 344 g/mol. The maximum absolute atomic E-state index is 12.2. The van der Waals surface area contributed by atoms with Crippen molar-refractivity contribution in [1.29, 1.82) is 5.26 Å². The topological polar surface area (TPSA) is 88.4 Å². The van der Waals surface area contributed by atoms with Gasteiger partial charge in [0.2, 0.25) is 0 Å². The second-order valence-corrected chi connectivity index (χ2v) is 6.26. The van der Waals surface area contributed by atoms with Gasteiger partial charge in [-0.2, -0.15) is 5.26 Å². The quantitative estimate of drug-likeness (QED) is 0.732. The monoisotopic (exact) mass is 344 g/mol. The molecule has 25 heavy (non-hydrogen) atoms. The number of nitrogens with zero attached hydrogens (tertiary/aromatic N) is 1. The van der Waals surface area contributed by atoms with E-state index in [9.17, 15) is 14.9 Å². The summed E-state index contributed by atoms with van der Waals surface area (Å²) in [7, 11) is 0. The van der Waals surface area contributed by atoms with Crippen LogP contribution < -0.4 is 14.8 Å². The SMILES string of the molecule is CCCOc1ccc(C=O)c(OCC(=O)NC2(C#N)CCCCC2)c1. The second-order valence-electron chi connectivity index (χ2n) is 6.26. The molecular formula is C19H24N2O4. The van der Waals surface area contributed by atoms with Gasteiger partial charge in [0.05, 0.1) is 18.2 Å². The summed E-state index contributed by atoms with van der Waals surface area (Å²) >= 11 is 0. The lowest BCUT2D eigenvalue weighted by molar-refractivity contribution is -0.124. The molecule has 1 amide bonds. The normalized spacial score (nSPS) is 15.7. The summed E-state index contributed by atoms with van der Waals surface area (Å²) in [6.07, 6.45) is 5.81. The van der Waals surface area contributed by atoms with Crippen molar-refractivity contribution in [3.63, 3.8) is 0 Å². The lowest BCUT2D eigenvalue weighted by atomic mass is 9.83. The summed E-state index contributed by atoms with van der Waals surface area (Å²) in [5.74, 6) is 0.525. The molecule has 1 saturated carbocycles. The van der Waals surface area contributed by atoms with Crippen LogP contribution in [0.25, 0.3) is 0 Å². The van der Waals surface area contributed by atoms with E-state index in [1.807, 2.05) is 6.92 Å². The maximum atomic E-state index is 12.2. The third-order valence-corrected chi connectivity index (χ3v) is 4.24. The smallest absolute Gasteiger partial charge is 0.259 e. The molecule has 1 aliphatic carbocycles. The highest BCUT2D eigenvalue weighted by Gasteiger charge is 2.33. The number of nitriles is 1. The van der Waals surface area contributed by atoms with Crippen LogP contribution in [-0.4, -0.2) is 30.9 Å². The molecule has 0 radical (unpaired) electrons. The molecule has 1 aromatic carbocycles. The minimum absolute atomic E-state index is 0.249. The first-order valence-electron chi connectivity index (χ1n) is 8.69. The van der Waals surface area contributed by atoms with Gasteiger partial charge in [0.1, 0.15) is 17.0 Å². The number of aldehydes is 1. The standard InChI is InChI=1S/C19H24N2O4/c1-2-10-24-16-7-6-15(12-22)17(11-16)25-13-18(23)21-19(14-20)8-4-3-5-9-19/h6-7,11-12H,2-5,8-10,13H2,1H3,(H,21,23). The van der Waals surface area contributed by atoms with Crippen molar-refractivity contribution in [2.75, 3.05) is 13.2 Å². The molecule has 1 fully saturated rings. The zero-order valence-corrected chi connectivity index (χ0v) is 14.5. The van der Waals surface area contributed by atoms with Crippen molar-refractivity contribution in [3.05, 3.63) is 23.8 Å². The van der Waals surface area contributed by atoms with Gasteiger partial charge < -0.3 is 14.8 Å². The van der Waals surface area contributed by atoms with Crippen molar-refractivity contribution < 1.29 is 19.1 Å². The van der Waals surface area contributed by atoms with Crippen molar-refractivity contribution in [1.82, 2.24) is 5.32 Å². The number of carbonyl (C=O) groups is 2. The molecule has 2 rings (SSSR count). The Morgan fingerprint density at radius 3 is 2.72 bits per heavy atom. The molecule has 0 unspecified atom stereocenters. The Bertz CT molecular complexity index is 645. The molecule has 134 valence electrons.